The monoisotopic (exact) mass is 289 g/mol. The van der Waals surface area contributed by atoms with Gasteiger partial charge in [-0.25, -0.2) is 0 Å². The zero-order valence-electron chi connectivity index (χ0n) is 13.6. The third-order valence-corrected chi connectivity index (χ3v) is 3.80. The maximum absolute atomic E-state index is 7.82. The van der Waals surface area contributed by atoms with Crippen LogP contribution in [0.25, 0.3) is 0 Å². The van der Waals surface area contributed by atoms with Crippen LogP contribution in [0.3, 0.4) is 0 Å². The Labute approximate surface area is 128 Å². The molecule has 0 saturated heterocycles. The Morgan fingerprint density at radius 3 is 2.38 bits per heavy atom. The highest BCUT2D eigenvalue weighted by molar-refractivity contribution is 5.98. The molecule has 0 heterocycles. The Bertz CT molecular complexity index is 467. The van der Waals surface area contributed by atoms with E-state index in [0.717, 1.165) is 18.6 Å². The fourth-order valence-corrected chi connectivity index (χ4v) is 1.92. The quantitative estimate of drug-likeness (QED) is 0.674. The van der Waals surface area contributed by atoms with Crippen molar-refractivity contribution in [2.45, 2.75) is 51.7 Å². The molecule has 0 aliphatic rings. The van der Waals surface area contributed by atoms with Crippen LogP contribution in [-0.4, -0.2) is 23.5 Å². The zero-order chi connectivity index (χ0) is 15.9. The van der Waals surface area contributed by atoms with E-state index in [0.29, 0.717) is 12.3 Å². The van der Waals surface area contributed by atoms with Gasteiger partial charge in [-0.05, 0) is 45.4 Å². The molecular formula is C18H27NO2. The van der Waals surface area contributed by atoms with E-state index < -0.39 is 5.60 Å². The first kappa shape index (κ1) is 17.4. The van der Waals surface area contributed by atoms with Gasteiger partial charge in [-0.15, -0.1) is 0 Å². The van der Waals surface area contributed by atoms with E-state index in [1.807, 2.05) is 44.2 Å². The molecule has 0 radical (unpaired) electrons. The Morgan fingerprint density at radius 1 is 1.24 bits per heavy atom. The van der Waals surface area contributed by atoms with Gasteiger partial charge < -0.3 is 14.9 Å². The van der Waals surface area contributed by atoms with Gasteiger partial charge in [-0.2, -0.15) is 0 Å². The van der Waals surface area contributed by atoms with E-state index in [4.69, 9.17) is 14.9 Å². The summed E-state index contributed by atoms with van der Waals surface area (Å²) in [5, 5.41) is 7.82. The van der Waals surface area contributed by atoms with Gasteiger partial charge in [0.1, 0.15) is 17.0 Å². The Morgan fingerprint density at radius 2 is 1.86 bits per heavy atom. The van der Waals surface area contributed by atoms with Gasteiger partial charge in [0.2, 0.25) is 0 Å². The van der Waals surface area contributed by atoms with Gasteiger partial charge in [0.15, 0.2) is 0 Å². The van der Waals surface area contributed by atoms with Crippen molar-refractivity contribution in [2.75, 3.05) is 6.61 Å². The summed E-state index contributed by atoms with van der Waals surface area (Å²) in [5.41, 5.74) is -0.485. The molecule has 0 aliphatic heterocycles. The fourth-order valence-electron chi connectivity index (χ4n) is 1.92. The molecule has 0 bridgehead atoms. The van der Waals surface area contributed by atoms with Gasteiger partial charge in [0, 0.05) is 6.42 Å². The van der Waals surface area contributed by atoms with Crippen LogP contribution < -0.4 is 4.74 Å². The minimum atomic E-state index is -0.608. The summed E-state index contributed by atoms with van der Waals surface area (Å²) in [4.78, 5) is 0. The number of nitrogens with one attached hydrogen (secondary N) is 1. The van der Waals surface area contributed by atoms with Crippen LogP contribution in [0.15, 0.2) is 43.0 Å². The molecule has 1 aromatic carbocycles. The Balaban J connectivity index is 2.58. The second kappa shape index (κ2) is 7.41. The van der Waals surface area contributed by atoms with Gasteiger partial charge in [0.05, 0.1) is 12.3 Å². The Hall–Kier alpha value is -1.61. The van der Waals surface area contributed by atoms with Crippen molar-refractivity contribution < 1.29 is 9.47 Å². The van der Waals surface area contributed by atoms with E-state index in [1.165, 1.54) is 6.08 Å². The lowest BCUT2D eigenvalue weighted by Crippen LogP contribution is -2.37. The number of para-hydroxylation sites is 1. The van der Waals surface area contributed by atoms with Crippen LogP contribution in [0.1, 0.15) is 40.5 Å². The second-order valence-corrected chi connectivity index (χ2v) is 5.95. The standard InChI is InChI=1S/C18H27NO2/c1-6-16(19)17(3,4)20-14-13-18(5,7-2)21-15-11-9-8-10-12-15/h6,8-12,19H,1,7,13-14H2,2-5H3. The maximum Gasteiger partial charge on any atom is 0.120 e. The molecule has 0 spiro atoms. The predicted octanol–water partition coefficient (Wildman–Crippen LogP) is 4.63. The van der Waals surface area contributed by atoms with Gasteiger partial charge >= 0.3 is 0 Å². The molecule has 0 aliphatic carbocycles. The molecule has 1 aromatic rings. The molecule has 3 nitrogen and oxygen atoms in total. The van der Waals surface area contributed by atoms with Crippen LogP contribution in [0.5, 0.6) is 5.75 Å². The minimum Gasteiger partial charge on any atom is -0.488 e. The molecule has 116 valence electrons. The molecule has 0 aromatic heterocycles. The highest BCUT2D eigenvalue weighted by Crippen LogP contribution is 2.25. The van der Waals surface area contributed by atoms with Crippen molar-refractivity contribution in [3.63, 3.8) is 0 Å². The first-order valence-electron chi connectivity index (χ1n) is 7.42. The molecule has 0 amide bonds. The number of ether oxygens (including phenoxy) is 2. The first-order chi connectivity index (χ1) is 9.83. The molecular weight excluding hydrogens is 262 g/mol. The number of hydrogen-bond acceptors (Lipinski definition) is 3. The average molecular weight is 289 g/mol. The van der Waals surface area contributed by atoms with Crippen LogP contribution in [0.2, 0.25) is 0 Å². The summed E-state index contributed by atoms with van der Waals surface area (Å²) < 4.78 is 11.9. The normalized spacial score (nSPS) is 14.3. The lowest BCUT2D eigenvalue weighted by molar-refractivity contribution is -0.0104. The molecule has 3 heteroatoms. The van der Waals surface area contributed by atoms with E-state index in [-0.39, 0.29) is 5.60 Å². The summed E-state index contributed by atoms with van der Waals surface area (Å²) in [6.45, 7) is 12.1. The summed E-state index contributed by atoms with van der Waals surface area (Å²) in [5.74, 6) is 0.875. The lowest BCUT2D eigenvalue weighted by Gasteiger charge is -2.32. The molecule has 21 heavy (non-hydrogen) atoms. The zero-order valence-corrected chi connectivity index (χ0v) is 13.6. The minimum absolute atomic E-state index is 0.270. The average Bonchev–Trinajstić information content (AvgIpc) is 2.47. The topological polar surface area (TPSA) is 42.3 Å². The molecule has 1 atom stereocenters. The fraction of sp³-hybridized carbons (Fsp3) is 0.500. The summed E-state index contributed by atoms with van der Waals surface area (Å²) >= 11 is 0. The number of rotatable bonds is 9. The van der Waals surface area contributed by atoms with Gasteiger partial charge in [-0.3, -0.25) is 0 Å². The van der Waals surface area contributed by atoms with Crippen molar-refractivity contribution >= 4 is 5.71 Å². The van der Waals surface area contributed by atoms with Crippen LogP contribution in [0.4, 0.5) is 0 Å². The summed E-state index contributed by atoms with van der Waals surface area (Å²) in [7, 11) is 0. The van der Waals surface area contributed by atoms with Crippen LogP contribution in [0, 0.1) is 5.41 Å². The van der Waals surface area contributed by atoms with Crippen LogP contribution >= 0.6 is 0 Å². The first-order valence-corrected chi connectivity index (χ1v) is 7.42. The maximum atomic E-state index is 7.82. The summed E-state index contributed by atoms with van der Waals surface area (Å²) in [6.07, 6.45) is 3.19. The van der Waals surface area contributed by atoms with Gasteiger partial charge in [-0.1, -0.05) is 31.7 Å². The highest BCUT2D eigenvalue weighted by atomic mass is 16.5. The largest absolute Gasteiger partial charge is 0.488 e. The summed E-state index contributed by atoms with van der Waals surface area (Å²) in [6, 6.07) is 9.84. The Kier molecular flexibility index (Phi) is 6.16. The highest BCUT2D eigenvalue weighted by Gasteiger charge is 2.27. The van der Waals surface area contributed by atoms with E-state index in [1.54, 1.807) is 0 Å². The van der Waals surface area contributed by atoms with Crippen molar-refractivity contribution in [1.29, 1.82) is 5.41 Å². The third-order valence-electron chi connectivity index (χ3n) is 3.80. The van der Waals surface area contributed by atoms with Crippen molar-refractivity contribution in [2.24, 2.45) is 0 Å². The van der Waals surface area contributed by atoms with Crippen molar-refractivity contribution in [3.8, 4) is 5.75 Å². The number of hydrogen-bond donors (Lipinski definition) is 1. The van der Waals surface area contributed by atoms with E-state index >= 15 is 0 Å². The molecule has 1 rings (SSSR count). The molecule has 0 fully saturated rings. The number of benzene rings is 1. The van der Waals surface area contributed by atoms with Crippen LogP contribution in [-0.2, 0) is 4.74 Å². The molecule has 1 unspecified atom stereocenters. The molecule has 1 N–H and O–H groups in total. The predicted molar refractivity (Wildman–Crippen MR) is 88.3 cm³/mol. The van der Waals surface area contributed by atoms with Crippen molar-refractivity contribution in [3.05, 3.63) is 43.0 Å². The second-order valence-electron chi connectivity index (χ2n) is 5.95. The van der Waals surface area contributed by atoms with E-state index in [2.05, 4.69) is 20.4 Å². The lowest BCUT2D eigenvalue weighted by atomic mass is 9.98. The molecule has 0 saturated carbocycles. The third kappa shape index (κ3) is 5.35. The SMILES string of the molecule is C=CC(=N)C(C)(C)OCCC(C)(CC)Oc1ccccc1. The smallest absolute Gasteiger partial charge is 0.120 e. The van der Waals surface area contributed by atoms with Crippen molar-refractivity contribution in [1.82, 2.24) is 0 Å². The van der Waals surface area contributed by atoms with Gasteiger partial charge in [0.25, 0.3) is 0 Å². The van der Waals surface area contributed by atoms with E-state index in [9.17, 15) is 0 Å².